The van der Waals surface area contributed by atoms with Gasteiger partial charge in [0.2, 0.25) is 0 Å². The van der Waals surface area contributed by atoms with Crippen LogP contribution in [-0.2, 0) is 14.3 Å². The van der Waals surface area contributed by atoms with Crippen LogP contribution in [0.25, 0.3) is 0 Å². The molecule has 0 unspecified atom stereocenters. The number of hydrogen-bond acceptors (Lipinski definition) is 8. The molecule has 0 atom stereocenters. The number of imide groups is 1. The first-order valence-corrected chi connectivity index (χ1v) is 9.90. The third-order valence-electron chi connectivity index (χ3n) is 5.52. The lowest BCUT2D eigenvalue weighted by molar-refractivity contribution is 0.0655. The van der Waals surface area contributed by atoms with Gasteiger partial charge in [0, 0.05) is 32.6 Å². The van der Waals surface area contributed by atoms with Crippen molar-refractivity contribution in [2.75, 3.05) is 69.0 Å². The molecule has 3 saturated heterocycles. The molecular formula is C19H23N5O5. The standard InChI is InChI=1S/C19H23N5O5/c25-18-13-1-2-14(22-4-9-27-10-5-22)17(23-6-11-28-12-7-23)16(13)19(26)24(18)20-15-3-8-29-21-15/h1-2H,3-12H2,(H,20,21). The summed E-state index contributed by atoms with van der Waals surface area (Å²) in [6, 6.07) is 3.68. The minimum atomic E-state index is -0.408. The number of hydroxylamine groups is 1. The normalized spacial score (nSPS) is 23.7. The second-order valence-corrected chi connectivity index (χ2v) is 7.22. The number of nitrogens with zero attached hydrogens (tertiary/aromatic N) is 4. The van der Waals surface area contributed by atoms with Crippen LogP contribution in [0.5, 0.6) is 0 Å². The smallest absolute Gasteiger partial charge is 0.284 e. The number of carbonyl (C=O) groups is 2. The van der Waals surface area contributed by atoms with Crippen molar-refractivity contribution in [3.63, 3.8) is 0 Å². The highest BCUT2D eigenvalue weighted by Gasteiger charge is 2.41. The number of rotatable bonds is 3. The number of morpholine rings is 2. The predicted octanol–water partition coefficient (Wildman–Crippen LogP) is 0.194. The molecule has 0 aromatic heterocycles. The molecule has 0 radical (unpaired) electrons. The van der Waals surface area contributed by atoms with Gasteiger partial charge in [0.25, 0.3) is 11.8 Å². The monoisotopic (exact) mass is 401 g/mol. The van der Waals surface area contributed by atoms with Gasteiger partial charge < -0.3 is 19.3 Å². The highest BCUT2D eigenvalue weighted by molar-refractivity contribution is 6.25. The van der Waals surface area contributed by atoms with E-state index in [2.05, 4.69) is 20.4 Å². The lowest BCUT2D eigenvalue weighted by Gasteiger charge is -2.36. The van der Waals surface area contributed by atoms with Gasteiger partial charge in [0.15, 0.2) is 0 Å². The molecule has 0 saturated carbocycles. The fourth-order valence-corrected chi connectivity index (χ4v) is 4.07. The second kappa shape index (κ2) is 7.62. The molecule has 1 N–H and O–H groups in total. The summed E-state index contributed by atoms with van der Waals surface area (Å²) in [7, 11) is 0. The lowest BCUT2D eigenvalue weighted by atomic mass is 10.0. The molecule has 4 aliphatic rings. The van der Waals surface area contributed by atoms with Crippen LogP contribution in [-0.4, -0.2) is 81.9 Å². The zero-order chi connectivity index (χ0) is 19.8. The van der Waals surface area contributed by atoms with Crippen molar-refractivity contribution in [3.8, 4) is 0 Å². The number of hydrogen-bond donors (Lipinski definition) is 1. The summed E-state index contributed by atoms with van der Waals surface area (Å²) in [6.45, 7) is 5.72. The SMILES string of the molecule is O=C1c2ccc(N3CCOCC3)c(N3CCOCC3)c2C(=O)N1/N=C1\CCON1. The summed E-state index contributed by atoms with van der Waals surface area (Å²) >= 11 is 0. The molecule has 1 aromatic rings. The molecule has 154 valence electrons. The fourth-order valence-electron chi connectivity index (χ4n) is 4.07. The van der Waals surface area contributed by atoms with Crippen LogP contribution in [0.1, 0.15) is 27.1 Å². The van der Waals surface area contributed by atoms with Crippen molar-refractivity contribution in [3.05, 3.63) is 23.3 Å². The maximum Gasteiger partial charge on any atom is 0.284 e. The molecule has 10 heteroatoms. The van der Waals surface area contributed by atoms with Crippen LogP contribution < -0.4 is 15.3 Å². The molecule has 2 amide bonds. The van der Waals surface area contributed by atoms with Crippen LogP contribution in [0, 0.1) is 0 Å². The Labute approximate surface area is 167 Å². The quantitative estimate of drug-likeness (QED) is 0.718. The fraction of sp³-hybridized carbons (Fsp3) is 0.526. The van der Waals surface area contributed by atoms with Gasteiger partial charge in [-0.1, -0.05) is 0 Å². The Balaban J connectivity index is 1.59. The third-order valence-corrected chi connectivity index (χ3v) is 5.52. The molecule has 10 nitrogen and oxygen atoms in total. The number of fused-ring (bicyclic) bond motifs is 1. The van der Waals surface area contributed by atoms with E-state index < -0.39 is 11.8 Å². The van der Waals surface area contributed by atoms with Crippen LogP contribution in [0.3, 0.4) is 0 Å². The zero-order valence-electron chi connectivity index (χ0n) is 16.1. The van der Waals surface area contributed by atoms with E-state index in [1.54, 1.807) is 6.07 Å². The number of benzene rings is 1. The number of carbonyl (C=O) groups excluding carboxylic acids is 2. The Morgan fingerprint density at radius 2 is 1.55 bits per heavy atom. The highest BCUT2D eigenvalue weighted by Crippen LogP contribution is 2.40. The molecule has 4 heterocycles. The lowest BCUT2D eigenvalue weighted by Crippen LogP contribution is -2.41. The van der Waals surface area contributed by atoms with Crippen LogP contribution in [0.15, 0.2) is 17.2 Å². The third kappa shape index (κ3) is 3.22. The summed E-state index contributed by atoms with van der Waals surface area (Å²) in [4.78, 5) is 35.7. The van der Waals surface area contributed by atoms with Crippen molar-refractivity contribution in [1.29, 1.82) is 0 Å². The van der Waals surface area contributed by atoms with Crippen LogP contribution in [0.2, 0.25) is 0 Å². The molecule has 3 fully saturated rings. The van der Waals surface area contributed by atoms with E-state index in [1.807, 2.05) is 6.07 Å². The Kier molecular flexibility index (Phi) is 4.82. The average molecular weight is 401 g/mol. The largest absolute Gasteiger partial charge is 0.378 e. The Bertz CT molecular complexity index is 853. The summed E-state index contributed by atoms with van der Waals surface area (Å²) in [5.41, 5.74) is 5.20. The molecule has 0 aliphatic carbocycles. The van der Waals surface area contributed by atoms with E-state index in [1.165, 1.54) is 0 Å². The second-order valence-electron chi connectivity index (χ2n) is 7.22. The van der Waals surface area contributed by atoms with E-state index in [9.17, 15) is 9.59 Å². The Hall–Kier alpha value is -2.69. The van der Waals surface area contributed by atoms with E-state index in [0.29, 0.717) is 69.5 Å². The maximum atomic E-state index is 13.3. The number of hydrazone groups is 1. The van der Waals surface area contributed by atoms with Crippen molar-refractivity contribution in [2.24, 2.45) is 5.10 Å². The molecule has 0 spiro atoms. The van der Waals surface area contributed by atoms with Gasteiger partial charge in [-0.3, -0.25) is 19.9 Å². The van der Waals surface area contributed by atoms with Crippen molar-refractivity contribution in [1.82, 2.24) is 10.5 Å². The van der Waals surface area contributed by atoms with E-state index in [0.717, 1.165) is 29.5 Å². The average Bonchev–Trinajstić information content (AvgIpc) is 3.37. The van der Waals surface area contributed by atoms with Gasteiger partial charge in [-0.2, -0.15) is 5.01 Å². The van der Waals surface area contributed by atoms with Gasteiger partial charge in [0.1, 0.15) is 5.84 Å². The minimum Gasteiger partial charge on any atom is -0.378 e. The maximum absolute atomic E-state index is 13.3. The van der Waals surface area contributed by atoms with Gasteiger partial charge in [-0.15, -0.1) is 5.10 Å². The predicted molar refractivity (Wildman–Crippen MR) is 104 cm³/mol. The van der Waals surface area contributed by atoms with Gasteiger partial charge in [-0.25, -0.2) is 0 Å². The first-order valence-electron chi connectivity index (χ1n) is 9.90. The molecule has 0 bridgehead atoms. The van der Waals surface area contributed by atoms with Crippen LogP contribution in [0.4, 0.5) is 11.4 Å². The minimum absolute atomic E-state index is 0.386. The summed E-state index contributed by atoms with van der Waals surface area (Å²) in [5, 5.41) is 5.17. The highest BCUT2D eigenvalue weighted by atomic mass is 16.7. The first-order chi connectivity index (χ1) is 14.2. The Morgan fingerprint density at radius 1 is 0.862 bits per heavy atom. The zero-order valence-corrected chi connectivity index (χ0v) is 16.1. The van der Waals surface area contributed by atoms with Gasteiger partial charge >= 0.3 is 0 Å². The van der Waals surface area contributed by atoms with Crippen molar-refractivity contribution in [2.45, 2.75) is 6.42 Å². The molecule has 1 aromatic carbocycles. The Morgan fingerprint density at radius 3 is 2.21 bits per heavy atom. The number of amidine groups is 1. The van der Waals surface area contributed by atoms with Crippen molar-refractivity contribution >= 4 is 29.0 Å². The molecule has 5 rings (SSSR count). The summed E-state index contributed by atoms with van der Waals surface area (Å²) in [6.07, 6.45) is 0.531. The van der Waals surface area contributed by atoms with Gasteiger partial charge in [0.05, 0.1) is 55.5 Å². The van der Waals surface area contributed by atoms with Gasteiger partial charge in [-0.05, 0) is 12.1 Å². The molecule has 4 aliphatic heterocycles. The molecule has 29 heavy (non-hydrogen) atoms. The van der Waals surface area contributed by atoms with Crippen LogP contribution >= 0.6 is 0 Å². The van der Waals surface area contributed by atoms with E-state index in [4.69, 9.17) is 14.3 Å². The summed E-state index contributed by atoms with van der Waals surface area (Å²) < 4.78 is 11.0. The molecular weight excluding hydrogens is 378 g/mol. The van der Waals surface area contributed by atoms with E-state index >= 15 is 0 Å². The summed E-state index contributed by atoms with van der Waals surface area (Å²) in [5.74, 6) is -0.335. The number of ether oxygens (including phenoxy) is 2. The van der Waals surface area contributed by atoms with E-state index in [-0.39, 0.29) is 0 Å². The topological polar surface area (TPSA) is 95.9 Å². The first kappa shape index (κ1) is 18.3. The number of anilines is 2. The van der Waals surface area contributed by atoms with Crippen molar-refractivity contribution < 1.29 is 23.9 Å². The number of nitrogens with one attached hydrogen (secondary N) is 1. The number of amides is 2.